The summed E-state index contributed by atoms with van der Waals surface area (Å²) in [6.07, 6.45) is 4.94. The van der Waals surface area contributed by atoms with Gasteiger partial charge in [0.25, 0.3) is 0 Å². The maximum atomic E-state index is 12.2. The second-order valence-electron chi connectivity index (χ2n) is 5.99. The zero-order valence-electron chi connectivity index (χ0n) is 12.6. The lowest BCUT2D eigenvalue weighted by Crippen LogP contribution is -2.36. The Kier molecular flexibility index (Phi) is 4.56. The van der Waals surface area contributed by atoms with Gasteiger partial charge < -0.3 is 14.8 Å². The van der Waals surface area contributed by atoms with E-state index in [1.54, 1.807) is 7.11 Å². The summed E-state index contributed by atoms with van der Waals surface area (Å²) in [5.41, 5.74) is 3.73. The first-order chi connectivity index (χ1) is 10.3. The third-order valence-electron chi connectivity index (χ3n) is 4.57. The normalized spacial score (nSPS) is 24.6. The first kappa shape index (κ1) is 14.5. The standard InChI is InChI=1S/C17H23NO3/c1-20-16-11-21-8-7-14(16)10-17(19)18-15-6-5-12-3-2-4-13(12)9-15/h5-6,9,14,16H,2-4,7-8,10-11H2,1H3,(H,18,19). The highest BCUT2D eigenvalue weighted by Gasteiger charge is 2.27. The molecule has 21 heavy (non-hydrogen) atoms. The molecule has 2 atom stereocenters. The van der Waals surface area contributed by atoms with Crippen LogP contribution < -0.4 is 5.32 Å². The molecule has 4 nitrogen and oxygen atoms in total. The van der Waals surface area contributed by atoms with Gasteiger partial charge in [-0.15, -0.1) is 0 Å². The molecule has 0 aromatic heterocycles. The number of carbonyl (C=O) groups excluding carboxylic acids is 1. The molecule has 2 unspecified atom stereocenters. The van der Waals surface area contributed by atoms with E-state index < -0.39 is 0 Å². The van der Waals surface area contributed by atoms with Crippen LogP contribution in [-0.4, -0.2) is 32.3 Å². The summed E-state index contributed by atoms with van der Waals surface area (Å²) in [6, 6.07) is 6.28. The molecule has 0 spiro atoms. The molecule has 1 heterocycles. The van der Waals surface area contributed by atoms with Crippen molar-refractivity contribution in [1.82, 2.24) is 0 Å². The van der Waals surface area contributed by atoms with Crippen LogP contribution in [0.25, 0.3) is 0 Å². The lowest BCUT2D eigenvalue weighted by molar-refractivity contribution is -0.121. The van der Waals surface area contributed by atoms with Crippen LogP contribution in [0, 0.1) is 5.92 Å². The van der Waals surface area contributed by atoms with Gasteiger partial charge in [-0.25, -0.2) is 0 Å². The molecule has 0 radical (unpaired) electrons. The number of aryl methyl sites for hydroxylation is 2. The van der Waals surface area contributed by atoms with Gasteiger partial charge in [0.2, 0.25) is 5.91 Å². The second kappa shape index (κ2) is 6.58. The first-order valence-electron chi connectivity index (χ1n) is 7.78. The summed E-state index contributed by atoms with van der Waals surface area (Å²) < 4.78 is 10.8. The predicted octanol–water partition coefficient (Wildman–Crippen LogP) is 2.56. The molecule has 114 valence electrons. The number of amides is 1. The third kappa shape index (κ3) is 3.44. The Morgan fingerprint density at radius 3 is 3.10 bits per heavy atom. The summed E-state index contributed by atoms with van der Waals surface area (Å²) in [5.74, 6) is 0.320. The fourth-order valence-electron chi connectivity index (χ4n) is 3.35. The van der Waals surface area contributed by atoms with Gasteiger partial charge in [-0.05, 0) is 54.9 Å². The maximum Gasteiger partial charge on any atom is 0.224 e. The molecule has 1 aromatic carbocycles. The Bertz CT molecular complexity index is 515. The predicted molar refractivity (Wildman–Crippen MR) is 81.4 cm³/mol. The van der Waals surface area contributed by atoms with E-state index in [2.05, 4.69) is 17.4 Å². The minimum Gasteiger partial charge on any atom is -0.379 e. The highest BCUT2D eigenvalue weighted by molar-refractivity contribution is 5.91. The van der Waals surface area contributed by atoms with Gasteiger partial charge in [0.1, 0.15) is 0 Å². The number of hydrogen-bond acceptors (Lipinski definition) is 3. The van der Waals surface area contributed by atoms with Crippen molar-refractivity contribution in [2.75, 3.05) is 25.6 Å². The van der Waals surface area contributed by atoms with Gasteiger partial charge in [0, 0.05) is 25.8 Å². The lowest BCUT2D eigenvalue weighted by Gasteiger charge is -2.29. The van der Waals surface area contributed by atoms with Gasteiger partial charge in [-0.3, -0.25) is 4.79 Å². The molecule has 1 N–H and O–H groups in total. The highest BCUT2D eigenvalue weighted by Crippen LogP contribution is 2.26. The molecule has 0 saturated carbocycles. The van der Waals surface area contributed by atoms with E-state index in [-0.39, 0.29) is 17.9 Å². The smallest absolute Gasteiger partial charge is 0.224 e. The summed E-state index contributed by atoms with van der Waals surface area (Å²) in [4.78, 5) is 12.2. The van der Waals surface area contributed by atoms with Crippen molar-refractivity contribution in [1.29, 1.82) is 0 Å². The second-order valence-corrected chi connectivity index (χ2v) is 5.99. The summed E-state index contributed by atoms with van der Waals surface area (Å²) in [6.45, 7) is 1.31. The lowest BCUT2D eigenvalue weighted by atomic mass is 9.93. The van der Waals surface area contributed by atoms with Crippen molar-refractivity contribution in [3.63, 3.8) is 0 Å². The van der Waals surface area contributed by atoms with Crippen LogP contribution in [0.5, 0.6) is 0 Å². The Morgan fingerprint density at radius 1 is 1.38 bits per heavy atom. The summed E-state index contributed by atoms with van der Waals surface area (Å²) in [7, 11) is 1.69. The molecule has 1 amide bonds. The van der Waals surface area contributed by atoms with Crippen LogP contribution in [0.1, 0.15) is 30.4 Å². The highest BCUT2D eigenvalue weighted by atomic mass is 16.5. The quantitative estimate of drug-likeness (QED) is 0.926. The van der Waals surface area contributed by atoms with E-state index >= 15 is 0 Å². The van der Waals surface area contributed by atoms with Gasteiger partial charge in [-0.1, -0.05) is 6.07 Å². The molecule has 1 aliphatic heterocycles. The Balaban J connectivity index is 1.58. The van der Waals surface area contributed by atoms with Crippen molar-refractivity contribution < 1.29 is 14.3 Å². The van der Waals surface area contributed by atoms with Crippen LogP contribution in [0.2, 0.25) is 0 Å². The fourth-order valence-corrected chi connectivity index (χ4v) is 3.35. The molecule has 1 saturated heterocycles. The van der Waals surface area contributed by atoms with Gasteiger partial charge >= 0.3 is 0 Å². The summed E-state index contributed by atoms with van der Waals surface area (Å²) >= 11 is 0. The van der Waals surface area contributed by atoms with Crippen LogP contribution in [-0.2, 0) is 27.1 Å². The van der Waals surface area contributed by atoms with Crippen molar-refractivity contribution in [3.05, 3.63) is 29.3 Å². The minimum absolute atomic E-state index is 0.0320. The number of fused-ring (bicyclic) bond motifs is 1. The number of rotatable bonds is 4. The average Bonchev–Trinajstić information content (AvgIpc) is 2.95. The van der Waals surface area contributed by atoms with E-state index in [0.29, 0.717) is 13.0 Å². The number of ether oxygens (including phenoxy) is 2. The van der Waals surface area contributed by atoms with E-state index in [1.807, 2.05) is 6.07 Å². The molecule has 1 aliphatic carbocycles. The van der Waals surface area contributed by atoms with E-state index in [4.69, 9.17) is 9.47 Å². The zero-order valence-corrected chi connectivity index (χ0v) is 12.6. The van der Waals surface area contributed by atoms with E-state index in [0.717, 1.165) is 25.1 Å². The minimum atomic E-state index is 0.0320. The number of carbonyl (C=O) groups is 1. The van der Waals surface area contributed by atoms with Crippen LogP contribution in [0.15, 0.2) is 18.2 Å². The molecule has 1 aromatic rings. The largest absolute Gasteiger partial charge is 0.379 e. The van der Waals surface area contributed by atoms with E-state index in [1.165, 1.54) is 24.0 Å². The monoisotopic (exact) mass is 289 g/mol. The molecular formula is C17H23NO3. The molecule has 3 rings (SSSR count). The third-order valence-corrected chi connectivity index (χ3v) is 4.57. The maximum absolute atomic E-state index is 12.2. The van der Waals surface area contributed by atoms with Crippen LogP contribution >= 0.6 is 0 Å². The number of benzene rings is 1. The number of hydrogen-bond donors (Lipinski definition) is 1. The molecule has 1 fully saturated rings. The molecular weight excluding hydrogens is 266 g/mol. The topological polar surface area (TPSA) is 47.6 Å². The van der Waals surface area contributed by atoms with Crippen molar-refractivity contribution in [3.8, 4) is 0 Å². The van der Waals surface area contributed by atoms with Crippen molar-refractivity contribution in [2.45, 2.75) is 38.2 Å². The number of nitrogens with one attached hydrogen (secondary N) is 1. The number of anilines is 1. The zero-order chi connectivity index (χ0) is 14.7. The van der Waals surface area contributed by atoms with Crippen molar-refractivity contribution >= 4 is 11.6 Å². The van der Waals surface area contributed by atoms with Gasteiger partial charge in [0.15, 0.2) is 0 Å². The molecule has 2 aliphatic rings. The Labute approximate surface area is 125 Å². The van der Waals surface area contributed by atoms with Crippen LogP contribution in [0.4, 0.5) is 5.69 Å². The Morgan fingerprint density at radius 2 is 2.24 bits per heavy atom. The van der Waals surface area contributed by atoms with Crippen LogP contribution in [0.3, 0.4) is 0 Å². The fraction of sp³-hybridized carbons (Fsp3) is 0.588. The van der Waals surface area contributed by atoms with Gasteiger partial charge in [-0.2, -0.15) is 0 Å². The SMILES string of the molecule is COC1COCCC1CC(=O)Nc1ccc2c(c1)CCC2. The van der Waals surface area contributed by atoms with Gasteiger partial charge in [0.05, 0.1) is 12.7 Å². The Hall–Kier alpha value is -1.39. The number of methoxy groups -OCH3 is 1. The first-order valence-corrected chi connectivity index (χ1v) is 7.78. The average molecular weight is 289 g/mol. The van der Waals surface area contributed by atoms with Crippen molar-refractivity contribution in [2.24, 2.45) is 5.92 Å². The molecule has 4 heteroatoms. The molecule has 0 bridgehead atoms. The van der Waals surface area contributed by atoms with E-state index in [9.17, 15) is 4.79 Å². The summed E-state index contributed by atoms with van der Waals surface area (Å²) in [5, 5.41) is 3.03.